The van der Waals surface area contributed by atoms with Crippen LogP contribution < -0.4 is 0 Å². The van der Waals surface area contributed by atoms with Crippen molar-refractivity contribution in [1.82, 2.24) is 0 Å². The maximum atomic E-state index is 11.3. The Morgan fingerprint density at radius 3 is 2.13 bits per heavy atom. The highest BCUT2D eigenvalue weighted by molar-refractivity contribution is 7.71. The van der Waals surface area contributed by atoms with Gasteiger partial charge in [0.1, 0.15) is 0 Å². The van der Waals surface area contributed by atoms with Gasteiger partial charge in [-0.1, -0.05) is 65.5 Å². The van der Waals surface area contributed by atoms with Crippen LogP contribution >= 0.6 is 15.2 Å². The molecule has 0 bridgehead atoms. The Kier molecular flexibility index (Phi) is 13.5. The molecule has 8 unspecified atom stereocenters. The predicted molar refractivity (Wildman–Crippen MR) is 179 cm³/mol. The first-order valence-corrected chi connectivity index (χ1v) is 21.1. The fraction of sp³-hybridized carbons (Fsp3) is 0.941. The summed E-state index contributed by atoms with van der Waals surface area (Å²) < 4.78 is 44.0. The topological polar surface area (TPSA) is 172 Å². The largest absolute Gasteiger partial charge is 0.397 e. The van der Waals surface area contributed by atoms with Gasteiger partial charge in [0.05, 0.1) is 45.7 Å². The maximum absolute atomic E-state index is 11.3. The number of fused-ring (bicyclic) bond motifs is 5. The SMILES string of the molecule is CC(C)CCCC(C)C1CCC2C3CC=C4CC(OCCOCCOCCOC(O)(P(=O)(O)O)P(=O)(O)O)CCC4(C)C3CCC12C. The monoisotopic (exact) mass is 708 g/mol. The molecule has 3 fully saturated rings. The molecule has 0 aromatic rings. The first-order valence-electron chi connectivity index (χ1n) is 17.9. The third-order valence-electron chi connectivity index (χ3n) is 12.5. The second-order valence-corrected chi connectivity index (χ2v) is 19.5. The van der Waals surface area contributed by atoms with E-state index in [9.17, 15) is 14.2 Å². The molecular weight excluding hydrogens is 646 g/mol. The molecule has 13 heteroatoms. The molecule has 4 aliphatic carbocycles. The van der Waals surface area contributed by atoms with Crippen molar-refractivity contribution >= 4 is 15.2 Å². The zero-order valence-corrected chi connectivity index (χ0v) is 31.0. The summed E-state index contributed by atoms with van der Waals surface area (Å²) in [6, 6.07) is 0. The molecule has 0 aromatic heterocycles. The Balaban J connectivity index is 1.15. The standard InChI is InChI=1S/C34H62O11P2/c1-24(2)7-6-8-25(3)29-11-12-30-28-10-9-26-23-27(13-15-32(26,4)31(28)14-16-33(29,30)5)44-21-19-42-17-18-43-20-22-45-34(35,46(36,37)38)47(39,40)41/h9,24-25,27-31,35H,6-8,10-23H2,1-5H3,(H2,36,37,38)(H2,39,40,41). The van der Waals surface area contributed by atoms with Crippen molar-refractivity contribution in [1.29, 1.82) is 0 Å². The van der Waals surface area contributed by atoms with Crippen LogP contribution in [-0.4, -0.2) is 75.7 Å². The Morgan fingerprint density at radius 2 is 1.49 bits per heavy atom. The number of allylic oxidation sites excluding steroid dienone is 1. The van der Waals surface area contributed by atoms with Crippen LogP contribution in [0.5, 0.6) is 0 Å². The molecule has 0 radical (unpaired) electrons. The molecule has 0 heterocycles. The average Bonchev–Trinajstić information content (AvgIpc) is 3.34. The lowest BCUT2D eigenvalue weighted by molar-refractivity contribution is -0.119. The third-order valence-corrected chi connectivity index (χ3v) is 15.8. The number of hydrogen-bond acceptors (Lipinski definition) is 7. The summed E-state index contributed by atoms with van der Waals surface area (Å²) in [5.41, 5.74) is 2.40. The summed E-state index contributed by atoms with van der Waals surface area (Å²) in [4.78, 5) is 36.3. The summed E-state index contributed by atoms with van der Waals surface area (Å²) in [7, 11) is -11.3. The van der Waals surface area contributed by atoms with Gasteiger partial charge in [0, 0.05) is 0 Å². The van der Waals surface area contributed by atoms with Crippen molar-refractivity contribution < 1.29 is 52.8 Å². The summed E-state index contributed by atoms with van der Waals surface area (Å²) in [5, 5.41) is 5.78. The molecule has 8 atom stereocenters. The van der Waals surface area contributed by atoms with Gasteiger partial charge < -0.3 is 43.6 Å². The molecule has 0 aliphatic heterocycles. The van der Waals surface area contributed by atoms with Crippen LogP contribution in [0.25, 0.3) is 0 Å². The van der Waals surface area contributed by atoms with Gasteiger partial charge in [-0.25, -0.2) is 0 Å². The number of aliphatic hydroxyl groups is 1. The maximum Gasteiger partial charge on any atom is 0.397 e. The van der Waals surface area contributed by atoms with Crippen LogP contribution in [0.1, 0.15) is 105 Å². The van der Waals surface area contributed by atoms with Crippen LogP contribution in [0.2, 0.25) is 0 Å². The van der Waals surface area contributed by atoms with Crippen molar-refractivity contribution in [3.63, 3.8) is 0 Å². The zero-order chi connectivity index (χ0) is 34.7. The van der Waals surface area contributed by atoms with Gasteiger partial charge in [-0.15, -0.1) is 0 Å². The van der Waals surface area contributed by atoms with Crippen molar-refractivity contribution in [2.75, 3.05) is 39.6 Å². The summed E-state index contributed by atoms with van der Waals surface area (Å²) in [5.74, 6) is 4.97. The fourth-order valence-corrected chi connectivity index (χ4v) is 11.8. The highest BCUT2D eigenvalue weighted by Gasteiger charge is 2.62. The molecule has 4 rings (SSSR count). The van der Waals surface area contributed by atoms with Crippen molar-refractivity contribution in [2.45, 2.75) is 117 Å². The number of ether oxygens (including phenoxy) is 4. The highest BCUT2D eigenvalue weighted by Crippen LogP contribution is 2.68. The van der Waals surface area contributed by atoms with Crippen LogP contribution in [0, 0.1) is 46.3 Å². The Bertz CT molecular complexity index is 1130. The summed E-state index contributed by atoms with van der Waals surface area (Å²) >= 11 is 0. The smallest absolute Gasteiger partial charge is 0.377 e. The molecular formula is C34H62O11P2. The predicted octanol–water partition coefficient (Wildman–Crippen LogP) is 6.42. The van der Waals surface area contributed by atoms with E-state index in [1.54, 1.807) is 5.57 Å². The molecule has 0 amide bonds. The number of rotatable bonds is 18. The Morgan fingerprint density at radius 1 is 0.851 bits per heavy atom. The molecule has 0 spiro atoms. The summed E-state index contributed by atoms with van der Waals surface area (Å²) in [6.45, 7) is 12.8. The quantitative estimate of drug-likeness (QED) is 0.0460. The van der Waals surface area contributed by atoms with Gasteiger partial charge in [-0.2, -0.15) is 0 Å². The van der Waals surface area contributed by atoms with Gasteiger partial charge in [-0.05, 0) is 97.7 Å². The van der Waals surface area contributed by atoms with E-state index in [2.05, 4.69) is 45.4 Å². The van der Waals surface area contributed by atoms with Crippen molar-refractivity contribution in [2.24, 2.45) is 46.3 Å². The lowest BCUT2D eigenvalue weighted by Crippen LogP contribution is -2.51. The van der Waals surface area contributed by atoms with E-state index in [1.807, 2.05) is 0 Å². The fourth-order valence-electron chi connectivity index (χ4n) is 9.97. The van der Waals surface area contributed by atoms with Gasteiger partial charge >= 0.3 is 20.5 Å². The average molecular weight is 709 g/mol. The van der Waals surface area contributed by atoms with Crippen molar-refractivity contribution in [3.05, 3.63) is 11.6 Å². The molecule has 5 N–H and O–H groups in total. The van der Waals surface area contributed by atoms with Crippen molar-refractivity contribution in [3.8, 4) is 0 Å². The van der Waals surface area contributed by atoms with Gasteiger partial charge in [-0.3, -0.25) is 9.13 Å². The Labute approximate surface area is 281 Å². The molecule has 3 saturated carbocycles. The van der Waals surface area contributed by atoms with E-state index in [-0.39, 0.29) is 31.3 Å². The van der Waals surface area contributed by atoms with E-state index in [1.165, 1.54) is 57.8 Å². The van der Waals surface area contributed by atoms with E-state index in [0.29, 0.717) is 18.6 Å². The summed E-state index contributed by atoms with van der Waals surface area (Å²) in [6.07, 6.45) is 16.9. The molecule has 0 aromatic carbocycles. The van der Waals surface area contributed by atoms with Crippen LogP contribution in [-0.2, 0) is 28.1 Å². The van der Waals surface area contributed by atoms with Gasteiger partial charge in [0.2, 0.25) is 0 Å². The second-order valence-electron chi connectivity index (χ2n) is 15.8. The normalized spacial score (nSPS) is 33.7. The lowest BCUT2D eigenvalue weighted by Gasteiger charge is -2.58. The molecule has 11 nitrogen and oxygen atoms in total. The van der Waals surface area contributed by atoms with Crippen LogP contribution in [0.3, 0.4) is 0 Å². The van der Waals surface area contributed by atoms with Crippen LogP contribution in [0.4, 0.5) is 0 Å². The lowest BCUT2D eigenvalue weighted by atomic mass is 9.47. The van der Waals surface area contributed by atoms with Gasteiger partial charge in [0.25, 0.3) is 0 Å². The van der Waals surface area contributed by atoms with E-state index in [0.717, 1.165) is 48.3 Å². The van der Waals surface area contributed by atoms with E-state index < -0.39 is 27.1 Å². The second kappa shape index (κ2) is 16.0. The molecule has 0 saturated heterocycles. The molecule has 47 heavy (non-hydrogen) atoms. The minimum Gasteiger partial charge on any atom is -0.377 e. The third kappa shape index (κ3) is 8.84. The Hall–Kier alpha value is -0.160. The minimum atomic E-state index is -5.66. The van der Waals surface area contributed by atoms with E-state index >= 15 is 0 Å². The van der Waals surface area contributed by atoms with E-state index in [4.69, 9.17) is 33.8 Å². The van der Waals surface area contributed by atoms with Gasteiger partial charge in [0.15, 0.2) is 0 Å². The highest BCUT2D eigenvalue weighted by atomic mass is 31.2. The van der Waals surface area contributed by atoms with Crippen LogP contribution in [0.15, 0.2) is 11.6 Å². The first kappa shape index (κ1) is 39.6. The first-order chi connectivity index (χ1) is 21.9. The number of hydrogen-bond donors (Lipinski definition) is 5. The minimum absolute atomic E-state index is 0.128. The molecule has 4 aliphatic rings. The molecule has 274 valence electrons. The zero-order valence-electron chi connectivity index (χ0n) is 29.2.